The number of nitrogens with zero attached hydrogens (tertiary/aromatic N) is 3. The molecule has 0 atom stereocenters. The molecule has 126 valence electrons. The molecule has 0 radical (unpaired) electrons. The van der Waals surface area contributed by atoms with Gasteiger partial charge in [0, 0.05) is 29.1 Å². The van der Waals surface area contributed by atoms with Crippen molar-refractivity contribution in [2.45, 2.75) is 23.9 Å². The van der Waals surface area contributed by atoms with Gasteiger partial charge in [-0.1, -0.05) is 23.4 Å². The second-order valence-corrected chi connectivity index (χ2v) is 7.09. The van der Waals surface area contributed by atoms with Gasteiger partial charge in [-0.25, -0.2) is 9.97 Å². The van der Waals surface area contributed by atoms with E-state index in [4.69, 9.17) is 11.6 Å². The van der Waals surface area contributed by atoms with Gasteiger partial charge in [-0.2, -0.15) is 13.2 Å². The highest BCUT2D eigenvalue weighted by Crippen LogP contribution is 2.34. The number of halogens is 4. The summed E-state index contributed by atoms with van der Waals surface area (Å²) in [6, 6.07) is 2.24. The van der Waals surface area contributed by atoms with Gasteiger partial charge >= 0.3 is 6.18 Å². The van der Waals surface area contributed by atoms with E-state index < -0.39 is 11.7 Å². The van der Waals surface area contributed by atoms with Gasteiger partial charge in [-0.15, -0.1) is 11.3 Å². The van der Waals surface area contributed by atoms with E-state index in [0.717, 1.165) is 29.7 Å². The van der Waals surface area contributed by atoms with Crippen molar-refractivity contribution in [1.82, 2.24) is 14.4 Å². The lowest BCUT2D eigenvalue weighted by Crippen LogP contribution is -2.14. The summed E-state index contributed by atoms with van der Waals surface area (Å²) in [5.41, 5.74) is 0.230. The molecule has 3 aromatic heterocycles. The van der Waals surface area contributed by atoms with Crippen LogP contribution in [-0.2, 0) is 11.9 Å². The van der Waals surface area contributed by atoms with Crippen molar-refractivity contribution in [2.75, 3.05) is 0 Å². The van der Waals surface area contributed by atoms with Crippen LogP contribution >= 0.6 is 34.7 Å². The zero-order valence-electron chi connectivity index (χ0n) is 12.1. The Hall–Kier alpha value is -1.58. The van der Waals surface area contributed by atoms with E-state index in [1.54, 1.807) is 0 Å². The summed E-state index contributed by atoms with van der Waals surface area (Å²) in [5.74, 6) is 0.279. The number of hydrogen-bond donors (Lipinski definition) is 0. The summed E-state index contributed by atoms with van der Waals surface area (Å²) in [6.45, 7) is 1.81. The molecule has 3 rings (SSSR count). The van der Waals surface area contributed by atoms with E-state index in [-0.39, 0.29) is 21.4 Å². The Balaban J connectivity index is 1.82. The molecule has 0 fully saturated rings. The third-order valence-electron chi connectivity index (χ3n) is 3.12. The van der Waals surface area contributed by atoms with Crippen molar-refractivity contribution in [1.29, 1.82) is 0 Å². The Morgan fingerprint density at radius 1 is 1.38 bits per heavy atom. The average Bonchev–Trinajstić information content (AvgIpc) is 2.87. The molecular formula is C14H9ClF3N3OS2. The van der Waals surface area contributed by atoms with Crippen LogP contribution in [0.4, 0.5) is 13.2 Å². The number of pyridine rings is 1. The van der Waals surface area contributed by atoms with Crippen LogP contribution in [0.5, 0.6) is 0 Å². The van der Waals surface area contributed by atoms with Gasteiger partial charge in [-0.05, 0) is 13.0 Å². The first-order chi connectivity index (χ1) is 11.3. The number of fused-ring (bicyclic) bond motifs is 1. The Labute approximate surface area is 147 Å². The Kier molecular flexibility index (Phi) is 4.58. The van der Waals surface area contributed by atoms with Gasteiger partial charge in [0.1, 0.15) is 5.03 Å². The van der Waals surface area contributed by atoms with Crippen LogP contribution in [0.25, 0.3) is 4.96 Å². The molecule has 0 unspecified atom stereocenters. The minimum absolute atomic E-state index is 0.0837. The Morgan fingerprint density at radius 2 is 2.12 bits per heavy atom. The van der Waals surface area contributed by atoms with Gasteiger partial charge in [0.05, 0.1) is 16.3 Å². The molecule has 24 heavy (non-hydrogen) atoms. The standard InChI is InChI=1S/C14H9ClF3N3OS2/c1-7-5-24-13-20-9(3-11(22)21(7)13)6-23-12-10(15)2-8(4-19-12)14(16,17)18/h2-5H,6H2,1H3. The van der Waals surface area contributed by atoms with Crippen LogP contribution in [0.15, 0.2) is 33.5 Å². The van der Waals surface area contributed by atoms with Crippen LogP contribution in [0, 0.1) is 6.92 Å². The molecular weight excluding hydrogens is 383 g/mol. The van der Waals surface area contributed by atoms with Gasteiger partial charge < -0.3 is 0 Å². The van der Waals surface area contributed by atoms with Crippen LogP contribution in [0.1, 0.15) is 17.0 Å². The molecule has 0 aromatic carbocycles. The van der Waals surface area contributed by atoms with Crippen LogP contribution in [-0.4, -0.2) is 14.4 Å². The molecule has 4 nitrogen and oxygen atoms in total. The predicted molar refractivity (Wildman–Crippen MR) is 87.9 cm³/mol. The summed E-state index contributed by atoms with van der Waals surface area (Å²) in [7, 11) is 0. The van der Waals surface area contributed by atoms with E-state index in [1.807, 2.05) is 12.3 Å². The fourth-order valence-electron chi connectivity index (χ4n) is 2.00. The number of aryl methyl sites for hydroxylation is 1. The zero-order valence-corrected chi connectivity index (χ0v) is 14.5. The van der Waals surface area contributed by atoms with Crippen LogP contribution < -0.4 is 5.56 Å². The highest BCUT2D eigenvalue weighted by atomic mass is 35.5. The average molecular weight is 392 g/mol. The zero-order chi connectivity index (χ0) is 17.5. The maximum atomic E-state index is 12.6. The van der Waals surface area contributed by atoms with E-state index in [0.29, 0.717) is 10.7 Å². The van der Waals surface area contributed by atoms with E-state index in [9.17, 15) is 18.0 Å². The summed E-state index contributed by atoms with van der Waals surface area (Å²) < 4.78 is 39.3. The molecule has 0 aliphatic heterocycles. The number of thiazole rings is 1. The molecule has 0 saturated heterocycles. The number of aromatic nitrogens is 3. The molecule has 0 N–H and O–H groups in total. The SMILES string of the molecule is Cc1csc2nc(CSc3ncc(C(F)(F)F)cc3Cl)cc(=O)n12. The normalized spacial score (nSPS) is 12.0. The van der Waals surface area contributed by atoms with Crippen LogP contribution in [0.2, 0.25) is 5.02 Å². The lowest BCUT2D eigenvalue weighted by molar-refractivity contribution is -0.137. The van der Waals surface area contributed by atoms with E-state index in [2.05, 4.69) is 9.97 Å². The molecule has 3 heterocycles. The second-order valence-electron chi connectivity index (χ2n) is 4.88. The molecule has 0 aliphatic rings. The topological polar surface area (TPSA) is 47.3 Å². The molecule has 0 amide bonds. The Morgan fingerprint density at radius 3 is 2.79 bits per heavy atom. The molecule has 0 bridgehead atoms. The van der Waals surface area contributed by atoms with Crippen LogP contribution in [0.3, 0.4) is 0 Å². The minimum atomic E-state index is -4.49. The quantitative estimate of drug-likeness (QED) is 0.620. The van der Waals surface area contributed by atoms with E-state index in [1.165, 1.54) is 21.8 Å². The highest BCUT2D eigenvalue weighted by Gasteiger charge is 2.31. The predicted octanol–water partition coefficient (Wildman–Crippen LogP) is 4.42. The third-order valence-corrected chi connectivity index (χ3v) is 5.50. The number of thioether (sulfide) groups is 1. The maximum absolute atomic E-state index is 12.6. The smallest absolute Gasteiger partial charge is 0.269 e. The largest absolute Gasteiger partial charge is 0.417 e. The summed E-state index contributed by atoms with van der Waals surface area (Å²) >= 11 is 8.34. The first-order valence-electron chi connectivity index (χ1n) is 6.58. The first-order valence-corrected chi connectivity index (χ1v) is 8.82. The van der Waals surface area contributed by atoms with Crippen molar-refractivity contribution in [2.24, 2.45) is 0 Å². The number of hydrogen-bond acceptors (Lipinski definition) is 5. The summed E-state index contributed by atoms with van der Waals surface area (Å²) in [4.78, 5) is 20.8. The monoisotopic (exact) mass is 391 g/mol. The van der Waals surface area contributed by atoms with Gasteiger partial charge in [0.25, 0.3) is 5.56 Å². The fraction of sp³-hybridized carbons (Fsp3) is 0.214. The van der Waals surface area contributed by atoms with Gasteiger partial charge in [0.15, 0.2) is 4.96 Å². The number of rotatable bonds is 3. The molecule has 0 aliphatic carbocycles. The minimum Gasteiger partial charge on any atom is -0.269 e. The van der Waals surface area contributed by atoms with Crippen molar-refractivity contribution in [3.8, 4) is 0 Å². The van der Waals surface area contributed by atoms with Crippen molar-refractivity contribution in [3.63, 3.8) is 0 Å². The maximum Gasteiger partial charge on any atom is 0.417 e. The summed E-state index contributed by atoms with van der Waals surface area (Å²) in [5, 5.41) is 2.00. The molecule has 3 aromatic rings. The first kappa shape index (κ1) is 17.2. The van der Waals surface area contributed by atoms with Crippen molar-refractivity contribution >= 4 is 39.7 Å². The lowest BCUT2D eigenvalue weighted by Gasteiger charge is -2.08. The second kappa shape index (κ2) is 6.38. The molecule has 0 saturated carbocycles. The third kappa shape index (κ3) is 3.42. The fourth-order valence-corrected chi connectivity index (χ4v) is 3.98. The van der Waals surface area contributed by atoms with Gasteiger partial charge in [0.2, 0.25) is 0 Å². The van der Waals surface area contributed by atoms with Crippen molar-refractivity contribution < 1.29 is 13.2 Å². The molecule has 0 spiro atoms. The van der Waals surface area contributed by atoms with Crippen molar-refractivity contribution in [3.05, 3.63) is 56.0 Å². The summed E-state index contributed by atoms with van der Waals surface area (Å²) in [6.07, 6.45) is -3.75. The van der Waals surface area contributed by atoms with E-state index >= 15 is 0 Å². The number of alkyl halides is 3. The molecule has 10 heteroatoms. The Bertz CT molecular complexity index is 968. The lowest BCUT2D eigenvalue weighted by atomic mass is 10.3. The van der Waals surface area contributed by atoms with Gasteiger partial charge in [-0.3, -0.25) is 9.20 Å². The highest BCUT2D eigenvalue weighted by molar-refractivity contribution is 7.98.